The summed E-state index contributed by atoms with van der Waals surface area (Å²) in [4.78, 5) is 11.2. The SMILES string of the molecule is CC(=O)Nc1ccccc1Oc1cc(Cl)c(Cl)cc1N. The average molecular weight is 311 g/mol. The molecule has 0 aliphatic rings. The summed E-state index contributed by atoms with van der Waals surface area (Å²) in [7, 11) is 0. The number of nitrogens with two attached hydrogens (primary N) is 1. The van der Waals surface area contributed by atoms with Crippen molar-refractivity contribution in [3.8, 4) is 11.5 Å². The number of carbonyl (C=O) groups excluding carboxylic acids is 1. The number of hydrogen-bond donors (Lipinski definition) is 2. The first-order valence-corrected chi connectivity index (χ1v) is 6.52. The van der Waals surface area contributed by atoms with Gasteiger partial charge in [-0.3, -0.25) is 4.79 Å². The summed E-state index contributed by atoms with van der Waals surface area (Å²) >= 11 is 11.8. The molecule has 0 saturated carbocycles. The molecule has 104 valence electrons. The number of ether oxygens (including phenoxy) is 1. The van der Waals surface area contributed by atoms with Crippen molar-refractivity contribution in [2.45, 2.75) is 6.92 Å². The van der Waals surface area contributed by atoms with Crippen molar-refractivity contribution in [3.05, 3.63) is 46.4 Å². The lowest BCUT2D eigenvalue weighted by Gasteiger charge is -2.13. The van der Waals surface area contributed by atoms with E-state index in [2.05, 4.69) is 5.32 Å². The molecule has 2 aromatic rings. The van der Waals surface area contributed by atoms with Crippen LogP contribution in [0.25, 0.3) is 0 Å². The fourth-order valence-corrected chi connectivity index (χ4v) is 1.93. The van der Waals surface area contributed by atoms with Crippen molar-refractivity contribution >= 4 is 40.5 Å². The third kappa shape index (κ3) is 3.35. The summed E-state index contributed by atoms with van der Waals surface area (Å²) in [6, 6.07) is 10.1. The summed E-state index contributed by atoms with van der Waals surface area (Å²) in [5.41, 5.74) is 6.74. The lowest BCUT2D eigenvalue weighted by atomic mass is 10.2. The summed E-state index contributed by atoms with van der Waals surface area (Å²) < 4.78 is 5.69. The molecule has 3 N–H and O–H groups in total. The zero-order valence-electron chi connectivity index (χ0n) is 10.6. The van der Waals surface area contributed by atoms with E-state index < -0.39 is 0 Å². The molecule has 2 rings (SSSR count). The van der Waals surface area contributed by atoms with Gasteiger partial charge in [-0.05, 0) is 18.2 Å². The van der Waals surface area contributed by atoms with Gasteiger partial charge >= 0.3 is 0 Å². The Balaban J connectivity index is 2.35. The zero-order chi connectivity index (χ0) is 14.7. The van der Waals surface area contributed by atoms with Crippen LogP contribution in [-0.2, 0) is 4.79 Å². The van der Waals surface area contributed by atoms with Crippen molar-refractivity contribution in [2.24, 2.45) is 0 Å². The molecule has 20 heavy (non-hydrogen) atoms. The first-order valence-electron chi connectivity index (χ1n) is 5.76. The first kappa shape index (κ1) is 14.5. The van der Waals surface area contributed by atoms with Crippen LogP contribution in [0.3, 0.4) is 0 Å². The summed E-state index contributed by atoms with van der Waals surface area (Å²) in [6.45, 7) is 1.42. The fraction of sp³-hybridized carbons (Fsp3) is 0.0714. The maximum atomic E-state index is 11.2. The van der Waals surface area contributed by atoms with Gasteiger partial charge in [0.25, 0.3) is 0 Å². The number of amides is 1. The molecule has 0 spiro atoms. The van der Waals surface area contributed by atoms with E-state index >= 15 is 0 Å². The van der Waals surface area contributed by atoms with Crippen LogP contribution in [0.4, 0.5) is 11.4 Å². The van der Waals surface area contributed by atoms with E-state index in [-0.39, 0.29) is 5.91 Å². The second-order valence-corrected chi connectivity index (χ2v) is 4.90. The van der Waals surface area contributed by atoms with Crippen LogP contribution in [0.5, 0.6) is 11.5 Å². The predicted molar refractivity (Wildman–Crippen MR) is 81.7 cm³/mol. The maximum Gasteiger partial charge on any atom is 0.221 e. The topological polar surface area (TPSA) is 64.3 Å². The van der Waals surface area contributed by atoms with Crippen LogP contribution < -0.4 is 15.8 Å². The highest BCUT2D eigenvalue weighted by molar-refractivity contribution is 6.42. The molecule has 0 unspecified atom stereocenters. The number of rotatable bonds is 3. The number of benzene rings is 2. The number of hydrogen-bond acceptors (Lipinski definition) is 3. The number of nitrogens with one attached hydrogen (secondary N) is 1. The summed E-state index contributed by atoms with van der Waals surface area (Å²) in [5, 5.41) is 3.37. The van der Waals surface area contributed by atoms with Gasteiger partial charge in [-0.15, -0.1) is 0 Å². The zero-order valence-corrected chi connectivity index (χ0v) is 12.1. The Bertz CT molecular complexity index is 660. The Kier molecular flexibility index (Phi) is 4.37. The van der Waals surface area contributed by atoms with Gasteiger partial charge in [0, 0.05) is 13.0 Å². The Morgan fingerprint density at radius 3 is 2.50 bits per heavy atom. The Labute approximate surface area is 126 Å². The third-order valence-electron chi connectivity index (χ3n) is 2.47. The van der Waals surface area contributed by atoms with Crippen molar-refractivity contribution in [1.29, 1.82) is 0 Å². The van der Waals surface area contributed by atoms with Crippen molar-refractivity contribution in [1.82, 2.24) is 0 Å². The van der Waals surface area contributed by atoms with Crippen molar-refractivity contribution < 1.29 is 9.53 Å². The average Bonchev–Trinajstić information content (AvgIpc) is 2.37. The predicted octanol–water partition coefficient (Wildman–Crippen LogP) is 4.33. The van der Waals surface area contributed by atoms with E-state index in [1.807, 2.05) is 0 Å². The number of halogens is 2. The Hall–Kier alpha value is -1.91. The van der Waals surface area contributed by atoms with E-state index in [0.717, 1.165) is 0 Å². The van der Waals surface area contributed by atoms with Gasteiger partial charge in [-0.25, -0.2) is 0 Å². The summed E-state index contributed by atoms with van der Waals surface area (Å²) in [5.74, 6) is 0.646. The Morgan fingerprint density at radius 2 is 1.80 bits per heavy atom. The molecule has 0 fully saturated rings. The molecule has 4 nitrogen and oxygen atoms in total. The lowest BCUT2D eigenvalue weighted by Crippen LogP contribution is -2.07. The summed E-state index contributed by atoms with van der Waals surface area (Å²) in [6.07, 6.45) is 0. The monoisotopic (exact) mass is 310 g/mol. The van der Waals surface area contributed by atoms with E-state index in [9.17, 15) is 4.79 Å². The van der Waals surface area contributed by atoms with Crippen LogP contribution in [-0.4, -0.2) is 5.91 Å². The molecular formula is C14H12Cl2N2O2. The second-order valence-electron chi connectivity index (χ2n) is 4.08. The smallest absolute Gasteiger partial charge is 0.221 e. The quantitative estimate of drug-likeness (QED) is 0.829. The van der Waals surface area contributed by atoms with E-state index in [4.69, 9.17) is 33.7 Å². The highest BCUT2D eigenvalue weighted by atomic mass is 35.5. The molecule has 0 aliphatic carbocycles. The minimum atomic E-state index is -0.192. The van der Waals surface area contributed by atoms with E-state index in [1.165, 1.54) is 19.1 Å². The fourth-order valence-electron chi connectivity index (χ4n) is 1.60. The number of nitrogen functional groups attached to an aromatic ring is 1. The van der Waals surface area contributed by atoms with Crippen LogP contribution in [0.2, 0.25) is 10.0 Å². The molecule has 0 aliphatic heterocycles. The van der Waals surface area contributed by atoms with Gasteiger partial charge in [-0.2, -0.15) is 0 Å². The number of anilines is 2. The largest absolute Gasteiger partial charge is 0.453 e. The van der Waals surface area contributed by atoms with Gasteiger partial charge in [0.2, 0.25) is 5.91 Å². The molecule has 1 amide bonds. The third-order valence-corrected chi connectivity index (χ3v) is 3.19. The molecular weight excluding hydrogens is 299 g/mol. The van der Waals surface area contributed by atoms with Gasteiger partial charge < -0.3 is 15.8 Å². The van der Waals surface area contributed by atoms with Crippen molar-refractivity contribution in [3.63, 3.8) is 0 Å². The Morgan fingerprint density at radius 1 is 1.15 bits per heavy atom. The molecule has 0 bridgehead atoms. The molecule has 0 radical (unpaired) electrons. The van der Waals surface area contributed by atoms with Gasteiger partial charge in [-0.1, -0.05) is 35.3 Å². The number of para-hydroxylation sites is 2. The minimum Gasteiger partial charge on any atom is -0.453 e. The molecule has 6 heteroatoms. The minimum absolute atomic E-state index is 0.192. The van der Waals surface area contributed by atoms with Crippen LogP contribution in [0.1, 0.15) is 6.92 Å². The van der Waals surface area contributed by atoms with Gasteiger partial charge in [0.1, 0.15) is 0 Å². The van der Waals surface area contributed by atoms with Gasteiger partial charge in [0.15, 0.2) is 11.5 Å². The lowest BCUT2D eigenvalue weighted by molar-refractivity contribution is -0.114. The molecule has 0 saturated heterocycles. The molecule has 0 atom stereocenters. The number of carbonyl (C=O) groups is 1. The van der Waals surface area contributed by atoms with Crippen molar-refractivity contribution in [2.75, 3.05) is 11.1 Å². The molecule has 2 aromatic carbocycles. The second kappa shape index (κ2) is 6.03. The molecule has 0 heterocycles. The standard InChI is InChI=1S/C14H12Cl2N2O2/c1-8(19)18-12-4-2-3-5-13(12)20-14-7-10(16)9(15)6-11(14)17/h2-7H,17H2,1H3,(H,18,19). The van der Waals surface area contributed by atoms with E-state index in [1.54, 1.807) is 24.3 Å². The maximum absolute atomic E-state index is 11.2. The van der Waals surface area contributed by atoms with E-state index in [0.29, 0.717) is 32.9 Å². The first-order chi connectivity index (χ1) is 9.47. The normalized spacial score (nSPS) is 10.2. The highest BCUT2D eigenvalue weighted by Gasteiger charge is 2.10. The molecule has 0 aromatic heterocycles. The van der Waals surface area contributed by atoms with Gasteiger partial charge in [0.05, 0.1) is 21.4 Å². The van der Waals surface area contributed by atoms with Crippen LogP contribution >= 0.6 is 23.2 Å². The van der Waals surface area contributed by atoms with Crippen LogP contribution in [0.15, 0.2) is 36.4 Å². The highest BCUT2D eigenvalue weighted by Crippen LogP contribution is 2.37. The van der Waals surface area contributed by atoms with Crippen LogP contribution in [0, 0.1) is 0 Å².